The van der Waals surface area contributed by atoms with Crippen LogP contribution < -0.4 is 10.1 Å². The zero-order chi connectivity index (χ0) is 24.4. The molecule has 0 radical (unpaired) electrons. The van der Waals surface area contributed by atoms with Gasteiger partial charge in [0.25, 0.3) is 5.91 Å². The third kappa shape index (κ3) is 4.68. The van der Waals surface area contributed by atoms with Gasteiger partial charge >= 0.3 is 0 Å². The van der Waals surface area contributed by atoms with Crippen LogP contribution >= 0.6 is 0 Å². The van der Waals surface area contributed by atoms with Crippen LogP contribution in [-0.2, 0) is 13.1 Å². The molecular weight excluding hydrogens is 436 g/mol. The fourth-order valence-corrected chi connectivity index (χ4v) is 4.44. The molecule has 5 rings (SSSR count). The highest BCUT2D eigenvalue weighted by Gasteiger charge is 2.15. The Morgan fingerprint density at radius 3 is 2.54 bits per heavy atom. The maximum atomic E-state index is 13.0. The van der Waals surface area contributed by atoms with Gasteiger partial charge in [0, 0.05) is 34.9 Å². The van der Waals surface area contributed by atoms with E-state index in [1.54, 1.807) is 18.0 Å². The second-order valence-electron chi connectivity index (χ2n) is 8.75. The number of aryl methyl sites for hydroxylation is 1. The van der Waals surface area contributed by atoms with Gasteiger partial charge in [0.05, 0.1) is 25.5 Å². The molecule has 0 spiro atoms. The van der Waals surface area contributed by atoms with Crippen LogP contribution in [0.3, 0.4) is 0 Å². The van der Waals surface area contributed by atoms with Crippen molar-refractivity contribution in [2.45, 2.75) is 26.9 Å². The normalized spacial score (nSPS) is 11.1. The van der Waals surface area contributed by atoms with Crippen LogP contribution in [0.5, 0.6) is 5.75 Å². The van der Waals surface area contributed by atoms with Gasteiger partial charge in [-0.3, -0.25) is 9.48 Å². The largest absolute Gasteiger partial charge is 0.497 e. The van der Waals surface area contributed by atoms with E-state index >= 15 is 0 Å². The minimum Gasteiger partial charge on any atom is -0.497 e. The summed E-state index contributed by atoms with van der Waals surface area (Å²) in [4.78, 5) is 13.0. The fraction of sp³-hybridized carbons (Fsp3) is 0.172. The number of rotatable bonds is 7. The molecular formula is C29H28N4O2. The molecule has 0 saturated carbocycles. The van der Waals surface area contributed by atoms with E-state index in [0.29, 0.717) is 17.8 Å². The number of anilines is 1. The van der Waals surface area contributed by atoms with Gasteiger partial charge in [0.2, 0.25) is 0 Å². The second kappa shape index (κ2) is 9.50. The van der Waals surface area contributed by atoms with E-state index in [9.17, 15) is 4.79 Å². The van der Waals surface area contributed by atoms with Crippen molar-refractivity contribution in [1.29, 1.82) is 0 Å². The highest BCUT2D eigenvalue weighted by molar-refractivity contribution is 6.06. The maximum Gasteiger partial charge on any atom is 0.255 e. The Balaban J connectivity index is 1.33. The maximum absolute atomic E-state index is 13.0. The number of carbonyl (C=O) groups excluding carboxylic acids is 1. The lowest BCUT2D eigenvalue weighted by Gasteiger charge is -2.09. The molecule has 3 aromatic carbocycles. The molecule has 2 heterocycles. The molecule has 176 valence electrons. The second-order valence-corrected chi connectivity index (χ2v) is 8.75. The molecule has 0 bridgehead atoms. The van der Waals surface area contributed by atoms with Crippen molar-refractivity contribution in [3.8, 4) is 5.75 Å². The fourth-order valence-electron chi connectivity index (χ4n) is 4.44. The first-order valence-corrected chi connectivity index (χ1v) is 11.6. The number of carbonyl (C=O) groups is 1. The monoisotopic (exact) mass is 464 g/mol. The summed E-state index contributed by atoms with van der Waals surface area (Å²) in [5.41, 5.74) is 7.14. The van der Waals surface area contributed by atoms with Gasteiger partial charge in [0.15, 0.2) is 0 Å². The minimum absolute atomic E-state index is 0.152. The average Bonchev–Trinajstić information content (AvgIpc) is 3.42. The Labute approximate surface area is 204 Å². The number of hydrogen-bond donors (Lipinski definition) is 1. The predicted octanol–water partition coefficient (Wildman–Crippen LogP) is 5.81. The molecule has 5 aromatic rings. The summed E-state index contributed by atoms with van der Waals surface area (Å²) in [5, 5.41) is 8.47. The molecule has 2 aromatic heterocycles. The smallest absolute Gasteiger partial charge is 0.255 e. The lowest BCUT2D eigenvalue weighted by Crippen LogP contribution is -2.11. The molecule has 0 fully saturated rings. The molecule has 0 unspecified atom stereocenters. The number of methoxy groups -OCH3 is 1. The van der Waals surface area contributed by atoms with Gasteiger partial charge in [-0.2, -0.15) is 5.10 Å². The van der Waals surface area contributed by atoms with Crippen LogP contribution in [0.2, 0.25) is 0 Å². The standard InChI is InChI=1S/C29H28N4O2/c1-20-21(2)33(18-22-8-5-4-6-9-22)28-13-12-24(15-27(20)28)29(34)31-25-16-30-32(19-25)17-23-10-7-11-26(14-23)35-3/h4-16,19H,17-18H2,1-3H3,(H,31,34). The van der Waals surface area contributed by atoms with Crippen molar-refractivity contribution in [3.05, 3.63) is 113 Å². The van der Waals surface area contributed by atoms with E-state index in [0.717, 1.165) is 28.8 Å². The highest BCUT2D eigenvalue weighted by atomic mass is 16.5. The lowest BCUT2D eigenvalue weighted by molar-refractivity contribution is 0.102. The Kier molecular flexibility index (Phi) is 6.10. The van der Waals surface area contributed by atoms with Crippen molar-refractivity contribution in [1.82, 2.24) is 14.3 Å². The van der Waals surface area contributed by atoms with Crippen molar-refractivity contribution in [2.75, 3.05) is 12.4 Å². The van der Waals surface area contributed by atoms with E-state index in [-0.39, 0.29) is 5.91 Å². The molecule has 0 aliphatic heterocycles. The summed E-state index contributed by atoms with van der Waals surface area (Å²) in [6, 6.07) is 24.2. The van der Waals surface area contributed by atoms with Crippen LogP contribution in [-0.4, -0.2) is 27.4 Å². The van der Waals surface area contributed by atoms with Gasteiger partial charge in [-0.05, 0) is 60.9 Å². The number of nitrogens with one attached hydrogen (secondary N) is 1. The van der Waals surface area contributed by atoms with Crippen LogP contribution in [0, 0.1) is 13.8 Å². The summed E-state index contributed by atoms with van der Waals surface area (Å²) in [6.07, 6.45) is 3.50. The summed E-state index contributed by atoms with van der Waals surface area (Å²) in [6.45, 7) is 5.64. The Morgan fingerprint density at radius 2 is 1.74 bits per heavy atom. The predicted molar refractivity (Wildman–Crippen MR) is 139 cm³/mol. The van der Waals surface area contributed by atoms with Crippen molar-refractivity contribution >= 4 is 22.5 Å². The molecule has 0 atom stereocenters. The number of hydrogen-bond acceptors (Lipinski definition) is 3. The molecule has 0 aliphatic carbocycles. The number of amides is 1. The Bertz CT molecular complexity index is 1500. The first kappa shape index (κ1) is 22.5. The van der Waals surface area contributed by atoms with Crippen LogP contribution in [0.25, 0.3) is 10.9 Å². The van der Waals surface area contributed by atoms with Crippen LogP contribution in [0.15, 0.2) is 85.2 Å². The average molecular weight is 465 g/mol. The van der Waals surface area contributed by atoms with Gasteiger partial charge in [-0.25, -0.2) is 0 Å². The van der Waals surface area contributed by atoms with E-state index in [1.165, 1.54) is 16.8 Å². The minimum atomic E-state index is -0.152. The Morgan fingerprint density at radius 1 is 0.943 bits per heavy atom. The number of nitrogens with zero attached hydrogens (tertiary/aromatic N) is 3. The zero-order valence-electron chi connectivity index (χ0n) is 20.2. The number of ether oxygens (including phenoxy) is 1. The first-order valence-electron chi connectivity index (χ1n) is 11.6. The van der Waals surface area contributed by atoms with E-state index < -0.39 is 0 Å². The Hall–Kier alpha value is -4.32. The van der Waals surface area contributed by atoms with Gasteiger partial charge < -0.3 is 14.6 Å². The number of benzene rings is 3. The van der Waals surface area contributed by atoms with E-state index in [1.807, 2.05) is 54.7 Å². The summed E-state index contributed by atoms with van der Waals surface area (Å²) >= 11 is 0. The number of fused-ring (bicyclic) bond motifs is 1. The third-order valence-corrected chi connectivity index (χ3v) is 6.45. The molecule has 0 saturated heterocycles. The molecule has 6 nitrogen and oxygen atoms in total. The molecule has 35 heavy (non-hydrogen) atoms. The van der Waals surface area contributed by atoms with Crippen LogP contribution in [0.4, 0.5) is 5.69 Å². The lowest BCUT2D eigenvalue weighted by atomic mass is 10.1. The third-order valence-electron chi connectivity index (χ3n) is 6.45. The quantitative estimate of drug-likeness (QED) is 0.331. The number of aromatic nitrogens is 3. The van der Waals surface area contributed by atoms with Gasteiger partial charge in [-0.15, -0.1) is 0 Å². The van der Waals surface area contributed by atoms with Crippen molar-refractivity contribution < 1.29 is 9.53 Å². The van der Waals surface area contributed by atoms with Gasteiger partial charge in [0.1, 0.15) is 5.75 Å². The molecule has 1 N–H and O–H groups in total. The molecule has 0 aliphatic rings. The SMILES string of the molecule is COc1cccc(Cn2cc(NC(=O)c3ccc4c(c3)c(C)c(C)n4Cc3ccccc3)cn2)c1. The van der Waals surface area contributed by atoms with E-state index in [4.69, 9.17) is 4.74 Å². The van der Waals surface area contributed by atoms with Crippen molar-refractivity contribution in [3.63, 3.8) is 0 Å². The topological polar surface area (TPSA) is 61.1 Å². The highest BCUT2D eigenvalue weighted by Crippen LogP contribution is 2.27. The summed E-state index contributed by atoms with van der Waals surface area (Å²) < 4.78 is 9.39. The van der Waals surface area contributed by atoms with E-state index in [2.05, 4.69) is 53.1 Å². The van der Waals surface area contributed by atoms with Crippen molar-refractivity contribution in [2.24, 2.45) is 0 Å². The molecule has 6 heteroatoms. The van der Waals surface area contributed by atoms with Gasteiger partial charge in [-0.1, -0.05) is 42.5 Å². The summed E-state index contributed by atoms with van der Waals surface area (Å²) in [5.74, 6) is 0.655. The zero-order valence-corrected chi connectivity index (χ0v) is 20.2. The first-order chi connectivity index (χ1) is 17.0. The molecule has 1 amide bonds. The summed E-state index contributed by atoms with van der Waals surface area (Å²) in [7, 11) is 1.65. The van der Waals surface area contributed by atoms with Crippen LogP contribution in [0.1, 0.15) is 32.7 Å².